The third-order valence-corrected chi connectivity index (χ3v) is 4.05. The summed E-state index contributed by atoms with van der Waals surface area (Å²) in [6, 6.07) is 10.4. The van der Waals surface area contributed by atoms with Crippen LogP contribution in [0.4, 0.5) is 0 Å². The molecule has 0 unspecified atom stereocenters. The molecule has 21 heavy (non-hydrogen) atoms. The third kappa shape index (κ3) is 7.49. The minimum atomic E-state index is 0. The lowest BCUT2D eigenvalue weighted by Crippen LogP contribution is -2.29. The van der Waals surface area contributed by atoms with E-state index in [0.717, 1.165) is 44.8 Å². The zero-order valence-corrected chi connectivity index (χ0v) is 13.5. The summed E-state index contributed by atoms with van der Waals surface area (Å²) in [6.07, 6.45) is 6.24. The Labute approximate surface area is 134 Å². The molecule has 118 valence electrons. The van der Waals surface area contributed by atoms with Crippen molar-refractivity contribution in [2.45, 2.75) is 38.5 Å². The van der Waals surface area contributed by atoms with Gasteiger partial charge in [0.1, 0.15) is 0 Å². The van der Waals surface area contributed by atoms with Gasteiger partial charge in [0.25, 0.3) is 0 Å². The van der Waals surface area contributed by atoms with Gasteiger partial charge in [-0.1, -0.05) is 30.3 Å². The molecule has 1 heterocycles. The van der Waals surface area contributed by atoms with E-state index in [4.69, 9.17) is 0 Å². The molecule has 0 spiro atoms. The standard InChI is InChI=1S/C17H26N2O.ClH/c20-17(9-8-16-10-13-18-14-11-16)19-12-4-7-15-5-2-1-3-6-15;/h1-3,5-6,16,18H,4,7-14H2,(H,19,20);1H. The first-order valence-electron chi connectivity index (χ1n) is 7.86. The van der Waals surface area contributed by atoms with Gasteiger partial charge in [-0.15, -0.1) is 12.4 Å². The highest BCUT2D eigenvalue weighted by Crippen LogP contribution is 2.17. The van der Waals surface area contributed by atoms with E-state index in [-0.39, 0.29) is 18.3 Å². The molecule has 0 aromatic heterocycles. The van der Waals surface area contributed by atoms with E-state index in [1.807, 2.05) is 6.07 Å². The number of halogens is 1. The van der Waals surface area contributed by atoms with Crippen molar-refractivity contribution in [2.75, 3.05) is 19.6 Å². The Morgan fingerprint density at radius 2 is 1.90 bits per heavy atom. The Kier molecular flexibility index (Phi) is 9.11. The van der Waals surface area contributed by atoms with Gasteiger partial charge in [-0.25, -0.2) is 0 Å². The van der Waals surface area contributed by atoms with E-state index in [1.165, 1.54) is 18.4 Å². The molecular weight excluding hydrogens is 284 g/mol. The molecule has 0 bridgehead atoms. The number of amides is 1. The Bertz CT molecular complexity index is 391. The first kappa shape index (κ1) is 18.0. The van der Waals surface area contributed by atoms with Gasteiger partial charge >= 0.3 is 0 Å². The van der Waals surface area contributed by atoms with Crippen LogP contribution in [-0.4, -0.2) is 25.5 Å². The van der Waals surface area contributed by atoms with Gasteiger partial charge in [-0.3, -0.25) is 4.79 Å². The van der Waals surface area contributed by atoms with Gasteiger partial charge in [0.15, 0.2) is 0 Å². The Hall–Kier alpha value is -1.06. The molecule has 1 saturated heterocycles. The minimum Gasteiger partial charge on any atom is -0.356 e. The second-order valence-corrected chi connectivity index (χ2v) is 5.67. The minimum absolute atomic E-state index is 0. The number of carbonyl (C=O) groups is 1. The number of piperidine rings is 1. The molecule has 3 nitrogen and oxygen atoms in total. The van der Waals surface area contributed by atoms with Gasteiger partial charge in [0, 0.05) is 13.0 Å². The molecule has 0 saturated carbocycles. The molecule has 2 N–H and O–H groups in total. The summed E-state index contributed by atoms with van der Waals surface area (Å²) < 4.78 is 0. The molecular formula is C17H27ClN2O. The molecule has 1 aromatic carbocycles. The van der Waals surface area contributed by atoms with Gasteiger partial charge in [-0.2, -0.15) is 0 Å². The quantitative estimate of drug-likeness (QED) is 0.760. The van der Waals surface area contributed by atoms with Crippen LogP contribution in [0, 0.1) is 5.92 Å². The highest BCUT2D eigenvalue weighted by Gasteiger charge is 2.14. The maximum atomic E-state index is 11.8. The van der Waals surface area contributed by atoms with Crippen LogP contribution in [0.1, 0.15) is 37.7 Å². The molecule has 1 aliphatic rings. The zero-order valence-electron chi connectivity index (χ0n) is 12.6. The molecule has 4 heteroatoms. The third-order valence-electron chi connectivity index (χ3n) is 4.05. The highest BCUT2D eigenvalue weighted by molar-refractivity contribution is 5.85. The second kappa shape index (κ2) is 10.6. The lowest BCUT2D eigenvalue weighted by molar-refractivity contribution is -0.121. The molecule has 0 radical (unpaired) electrons. The van der Waals surface area contributed by atoms with Gasteiger partial charge < -0.3 is 10.6 Å². The molecule has 0 atom stereocenters. The summed E-state index contributed by atoms with van der Waals surface area (Å²) >= 11 is 0. The maximum absolute atomic E-state index is 11.8. The molecule has 1 amide bonds. The van der Waals surface area contributed by atoms with Crippen molar-refractivity contribution >= 4 is 18.3 Å². The van der Waals surface area contributed by atoms with Crippen molar-refractivity contribution in [3.05, 3.63) is 35.9 Å². The van der Waals surface area contributed by atoms with Crippen LogP contribution in [0.25, 0.3) is 0 Å². The molecule has 1 fully saturated rings. The average Bonchev–Trinajstić information content (AvgIpc) is 2.52. The number of rotatable bonds is 7. The van der Waals surface area contributed by atoms with Crippen LogP contribution in [-0.2, 0) is 11.2 Å². The Morgan fingerprint density at radius 1 is 1.19 bits per heavy atom. The smallest absolute Gasteiger partial charge is 0.220 e. The van der Waals surface area contributed by atoms with E-state index in [2.05, 4.69) is 34.9 Å². The van der Waals surface area contributed by atoms with E-state index in [9.17, 15) is 4.79 Å². The number of nitrogens with one attached hydrogen (secondary N) is 2. The second-order valence-electron chi connectivity index (χ2n) is 5.67. The van der Waals surface area contributed by atoms with Crippen molar-refractivity contribution in [3.63, 3.8) is 0 Å². The molecule has 1 aromatic rings. The molecule has 0 aliphatic carbocycles. The summed E-state index contributed by atoms with van der Waals surface area (Å²) in [5.74, 6) is 0.961. The first-order chi connectivity index (χ1) is 9.84. The average molecular weight is 311 g/mol. The van der Waals surface area contributed by atoms with E-state index in [0.29, 0.717) is 6.42 Å². The van der Waals surface area contributed by atoms with E-state index in [1.54, 1.807) is 0 Å². The SMILES string of the molecule is Cl.O=C(CCC1CCNCC1)NCCCc1ccccc1. The van der Waals surface area contributed by atoms with Crippen LogP contribution in [0.5, 0.6) is 0 Å². The molecule has 2 rings (SSSR count). The lowest BCUT2D eigenvalue weighted by atomic mass is 9.93. The Morgan fingerprint density at radius 3 is 2.62 bits per heavy atom. The topological polar surface area (TPSA) is 41.1 Å². The summed E-state index contributed by atoms with van der Waals surface area (Å²) in [5, 5.41) is 6.40. The largest absolute Gasteiger partial charge is 0.356 e. The van der Waals surface area contributed by atoms with Crippen molar-refractivity contribution in [2.24, 2.45) is 5.92 Å². The van der Waals surface area contributed by atoms with Crippen molar-refractivity contribution < 1.29 is 4.79 Å². The number of benzene rings is 1. The summed E-state index contributed by atoms with van der Waals surface area (Å²) in [4.78, 5) is 11.8. The van der Waals surface area contributed by atoms with Gasteiger partial charge in [0.2, 0.25) is 5.91 Å². The Balaban J connectivity index is 0.00000220. The summed E-state index contributed by atoms with van der Waals surface area (Å²) in [5.41, 5.74) is 1.34. The first-order valence-corrected chi connectivity index (χ1v) is 7.86. The predicted molar refractivity (Wildman–Crippen MR) is 89.8 cm³/mol. The van der Waals surface area contributed by atoms with Crippen molar-refractivity contribution in [3.8, 4) is 0 Å². The van der Waals surface area contributed by atoms with Crippen LogP contribution < -0.4 is 10.6 Å². The lowest BCUT2D eigenvalue weighted by Gasteiger charge is -2.22. The number of aryl methyl sites for hydroxylation is 1. The normalized spacial score (nSPS) is 15.2. The van der Waals surface area contributed by atoms with Crippen LogP contribution >= 0.6 is 12.4 Å². The number of carbonyl (C=O) groups excluding carboxylic acids is 1. The zero-order chi connectivity index (χ0) is 14.0. The van der Waals surface area contributed by atoms with E-state index < -0.39 is 0 Å². The fourth-order valence-electron chi connectivity index (χ4n) is 2.76. The van der Waals surface area contributed by atoms with Gasteiger partial charge in [-0.05, 0) is 56.7 Å². The van der Waals surface area contributed by atoms with Crippen LogP contribution in [0.3, 0.4) is 0 Å². The van der Waals surface area contributed by atoms with Gasteiger partial charge in [0.05, 0.1) is 0 Å². The van der Waals surface area contributed by atoms with Crippen LogP contribution in [0.2, 0.25) is 0 Å². The number of hydrogen-bond acceptors (Lipinski definition) is 2. The van der Waals surface area contributed by atoms with E-state index >= 15 is 0 Å². The summed E-state index contributed by atoms with van der Waals surface area (Å²) in [6.45, 7) is 3.02. The van der Waals surface area contributed by atoms with Crippen LogP contribution in [0.15, 0.2) is 30.3 Å². The maximum Gasteiger partial charge on any atom is 0.220 e. The monoisotopic (exact) mass is 310 g/mol. The highest BCUT2D eigenvalue weighted by atomic mass is 35.5. The molecule has 1 aliphatic heterocycles. The van der Waals surface area contributed by atoms with Crippen molar-refractivity contribution in [1.29, 1.82) is 0 Å². The summed E-state index contributed by atoms with van der Waals surface area (Å²) in [7, 11) is 0. The predicted octanol–water partition coefficient (Wildman–Crippen LogP) is 2.94. The number of hydrogen-bond donors (Lipinski definition) is 2. The fourth-order valence-corrected chi connectivity index (χ4v) is 2.76. The fraction of sp³-hybridized carbons (Fsp3) is 0.588. The van der Waals surface area contributed by atoms with Crippen molar-refractivity contribution in [1.82, 2.24) is 10.6 Å².